The molecule has 0 spiro atoms. The van der Waals surface area contributed by atoms with Crippen LogP contribution in [-0.4, -0.2) is 12.1 Å². The molecule has 0 radical (unpaired) electrons. The highest BCUT2D eigenvalue weighted by atomic mass is 16.6. The second-order valence-corrected chi connectivity index (χ2v) is 9.12. The fourth-order valence-electron chi connectivity index (χ4n) is 4.17. The van der Waals surface area contributed by atoms with E-state index in [4.69, 9.17) is 19.9 Å². The van der Waals surface area contributed by atoms with E-state index in [0.29, 0.717) is 28.7 Å². The highest BCUT2D eigenvalue weighted by molar-refractivity contribution is 5.77. The fourth-order valence-corrected chi connectivity index (χ4v) is 4.17. The molecule has 0 bridgehead atoms. The summed E-state index contributed by atoms with van der Waals surface area (Å²) in [5, 5.41) is 9.77. The molecule has 0 fully saturated rings. The number of aryl methyl sites for hydroxylation is 1. The first-order chi connectivity index (χ1) is 17.3. The average molecular weight is 483 g/mol. The maximum Gasteiger partial charge on any atom is 0.352 e. The lowest BCUT2D eigenvalue weighted by Crippen LogP contribution is -2.28. The van der Waals surface area contributed by atoms with Crippen molar-refractivity contribution in [2.45, 2.75) is 52.1 Å². The van der Waals surface area contributed by atoms with Gasteiger partial charge in [0.15, 0.2) is 6.10 Å². The second-order valence-electron chi connectivity index (χ2n) is 9.12. The molecular formula is C30H30N2O4. The van der Waals surface area contributed by atoms with Crippen LogP contribution in [0, 0.1) is 11.3 Å². The first-order valence-corrected chi connectivity index (χ1v) is 12.1. The number of ether oxygens (including phenoxy) is 3. The normalized spacial score (nSPS) is 15.5. The van der Waals surface area contributed by atoms with Crippen LogP contribution in [0.25, 0.3) is 0 Å². The van der Waals surface area contributed by atoms with E-state index in [9.17, 15) is 10.1 Å². The Balaban J connectivity index is 1.52. The molecule has 1 heterocycles. The lowest BCUT2D eigenvalue weighted by molar-refractivity contribution is -0.141. The summed E-state index contributed by atoms with van der Waals surface area (Å²) in [4.78, 5) is 12.7. The number of allylic oxidation sites excluding steroid dienone is 1. The third-order valence-electron chi connectivity index (χ3n) is 6.32. The van der Waals surface area contributed by atoms with E-state index >= 15 is 0 Å². The van der Waals surface area contributed by atoms with E-state index < -0.39 is 12.1 Å². The Morgan fingerprint density at radius 2 is 1.69 bits per heavy atom. The minimum Gasteiger partial charge on any atom is -0.479 e. The Kier molecular flexibility index (Phi) is 7.30. The number of hydrogen-bond acceptors (Lipinski definition) is 6. The predicted octanol–water partition coefficient (Wildman–Crippen LogP) is 5.96. The number of rotatable bonds is 7. The van der Waals surface area contributed by atoms with E-state index in [-0.39, 0.29) is 11.8 Å². The van der Waals surface area contributed by atoms with Gasteiger partial charge >= 0.3 is 5.97 Å². The molecule has 36 heavy (non-hydrogen) atoms. The number of esters is 1. The molecule has 0 saturated heterocycles. The zero-order valence-electron chi connectivity index (χ0n) is 20.9. The lowest BCUT2D eigenvalue weighted by Gasteiger charge is -2.27. The van der Waals surface area contributed by atoms with Crippen molar-refractivity contribution in [1.82, 2.24) is 0 Å². The topological polar surface area (TPSA) is 94.6 Å². The Morgan fingerprint density at radius 1 is 1.03 bits per heavy atom. The molecule has 6 nitrogen and oxygen atoms in total. The van der Waals surface area contributed by atoms with Crippen molar-refractivity contribution in [3.63, 3.8) is 0 Å². The standard InChI is InChI=1S/C30H30N2O4/c1-5-20-6-8-22(9-7-20)28-25-15-14-24(16-27(25)36-29(32)26(28)17-31)35-30(33)19(4)34-23-12-10-21(11-13-23)18(2)3/h6-16,18-19,28H,5,32H2,1-4H3. The predicted molar refractivity (Wildman–Crippen MR) is 138 cm³/mol. The molecule has 3 aromatic rings. The maximum atomic E-state index is 12.7. The van der Waals surface area contributed by atoms with Gasteiger partial charge in [-0.1, -0.05) is 63.2 Å². The third kappa shape index (κ3) is 5.21. The highest BCUT2D eigenvalue weighted by Gasteiger charge is 2.31. The van der Waals surface area contributed by atoms with E-state index in [1.807, 2.05) is 48.5 Å². The van der Waals surface area contributed by atoms with Gasteiger partial charge in [0.25, 0.3) is 0 Å². The van der Waals surface area contributed by atoms with Gasteiger partial charge in [0.2, 0.25) is 5.88 Å². The molecule has 2 unspecified atom stereocenters. The van der Waals surface area contributed by atoms with Crippen LogP contribution in [0.2, 0.25) is 0 Å². The number of carbonyl (C=O) groups excluding carboxylic acids is 1. The van der Waals surface area contributed by atoms with Gasteiger partial charge in [0, 0.05) is 11.6 Å². The molecule has 2 atom stereocenters. The number of nitriles is 1. The van der Waals surface area contributed by atoms with Gasteiger partial charge in [0.1, 0.15) is 28.9 Å². The molecule has 0 amide bonds. The Morgan fingerprint density at radius 3 is 2.31 bits per heavy atom. The van der Waals surface area contributed by atoms with Crippen LogP contribution in [-0.2, 0) is 11.2 Å². The summed E-state index contributed by atoms with van der Waals surface area (Å²) in [5.41, 5.74) is 10.6. The molecule has 0 aromatic heterocycles. The summed E-state index contributed by atoms with van der Waals surface area (Å²) < 4.78 is 17.1. The Hall–Kier alpha value is -4.24. The van der Waals surface area contributed by atoms with Crippen LogP contribution in [0.3, 0.4) is 0 Å². The second kappa shape index (κ2) is 10.6. The van der Waals surface area contributed by atoms with Crippen molar-refractivity contribution >= 4 is 5.97 Å². The number of nitrogens with zero attached hydrogens (tertiary/aromatic N) is 1. The van der Waals surface area contributed by atoms with Crippen molar-refractivity contribution in [2.24, 2.45) is 5.73 Å². The van der Waals surface area contributed by atoms with Crippen molar-refractivity contribution in [2.75, 3.05) is 0 Å². The number of hydrogen-bond donors (Lipinski definition) is 1. The van der Waals surface area contributed by atoms with E-state index in [2.05, 4.69) is 26.8 Å². The van der Waals surface area contributed by atoms with Crippen LogP contribution in [0.5, 0.6) is 17.2 Å². The largest absolute Gasteiger partial charge is 0.479 e. The number of carbonyl (C=O) groups is 1. The molecule has 184 valence electrons. The zero-order valence-corrected chi connectivity index (χ0v) is 20.9. The Bertz CT molecular complexity index is 1320. The summed E-state index contributed by atoms with van der Waals surface area (Å²) in [6.45, 7) is 7.97. The van der Waals surface area contributed by atoms with Crippen LogP contribution < -0.4 is 19.9 Å². The average Bonchev–Trinajstić information content (AvgIpc) is 2.88. The van der Waals surface area contributed by atoms with Crippen LogP contribution in [0.4, 0.5) is 0 Å². The van der Waals surface area contributed by atoms with Gasteiger partial charge in [-0.25, -0.2) is 4.79 Å². The van der Waals surface area contributed by atoms with Gasteiger partial charge in [0.05, 0.1) is 5.92 Å². The molecule has 0 aliphatic carbocycles. The quantitative estimate of drug-likeness (QED) is 0.330. The summed E-state index contributed by atoms with van der Waals surface area (Å²) in [6.07, 6.45) is 0.111. The van der Waals surface area contributed by atoms with E-state index in [1.165, 1.54) is 11.1 Å². The van der Waals surface area contributed by atoms with Crippen LogP contribution in [0.15, 0.2) is 78.2 Å². The van der Waals surface area contributed by atoms with E-state index in [0.717, 1.165) is 17.5 Å². The van der Waals surface area contributed by atoms with Crippen molar-refractivity contribution in [3.05, 3.63) is 100 Å². The highest BCUT2D eigenvalue weighted by Crippen LogP contribution is 2.43. The van der Waals surface area contributed by atoms with Gasteiger partial charge in [-0.15, -0.1) is 0 Å². The third-order valence-corrected chi connectivity index (χ3v) is 6.32. The molecular weight excluding hydrogens is 452 g/mol. The first kappa shape index (κ1) is 24.9. The van der Waals surface area contributed by atoms with Crippen LogP contribution in [0.1, 0.15) is 61.8 Å². The van der Waals surface area contributed by atoms with E-state index in [1.54, 1.807) is 25.1 Å². The minimum atomic E-state index is -0.813. The van der Waals surface area contributed by atoms with Gasteiger partial charge in [-0.2, -0.15) is 5.26 Å². The summed E-state index contributed by atoms with van der Waals surface area (Å²) >= 11 is 0. The zero-order chi connectivity index (χ0) is 25.8. The lowest BCUT2D eigenvalue weighted by atomic mass is 9.83. The summed E-state index contributed by atoms with van der Waals surface area (Å²) in [6, 6.07) is 23.1. The van der Waals surface area contributed by atoms with Crippen molar-refractivity contribution in [3.8, 4) is 23.3 Å². The van der Waals surface area contributed by atoms with Gasteiger partial charge in [-0.3, -0.25) is 0 Å². The monoisotopic (exact) mass is 482 g/mol. The number of benzene rings is 3. The maximum absolute atomic E-state index is 12.7. The van der Waals surface area contributed by atoms with Gasteiger partial charge in [-0.05, 0) is 54.2 Å². The molecule has 6 heteroatoms. The molecule has 1 aliphatic rings. The van der Waals surface area contributed by atoms with Crippen molar-refractivity contribution < 1.29 is 19.0 Å². The SMILES string of the molecule is CCc1ccc(C2C(C#N)=C(N)Oc3cc(OC(=O)C(C)Oc4ccc(C(C)C)cc4)ccc32)cc1. The molecule has 0 saturated carbocycles. The minimum absolute atomic E-state index is 0.0413. The van der Waals surface area contributed by atoms with Gasteiger partial charge < -0.3 is 19.9 Å². The number of fused-ring (bicyclic) bond motifs is 1. The van der Waals surface area contributed by atoms with Crippen LogP contribution >= 0.6 is 0 Å². The summed E-state index contributed by atoms with van der Waals surface area (Å²) in [5.74, 6) is 0.890. The molecule has 4 rings (SSSR count). The smallest absolute Gasteiger partial charge is 0.352 e. The summed E-state index contributed by atoms with van der Waals surface area (Å²) in [7, 11) is 0. The van der Waals surface area contributed by atoms with Crippen molar-refractivity contribution in [1.29, 1.82) is 5.26 Å². The Labute approximate surface area is 211 Å². The number of nitrogens with two attached hydrogens (primary N) is 1. The first-order valence-electron chi connectivity index (χ1n) is 12.1. The molecule has 1 aliphatic heterocycles. The molecule has 3 aromatic carbocycles. The molecule has 2 N–H and O–H groups in total. The fraction of sp³-hybridized carbons (Fsp3) is 0.267.